The lowest BCUT2D eigenvalue weighted by Gasteiger charge is -2.37. The summed E-state index contributed by atoms with van der Waals surface area (Å²) in [7, 11) is 0. The second-order valence-corrected chi connectivity index (χ2v) is 6.67. The fourth-order valence-corrected chi connectivity index (χ4v) is 3.28. The van der Waals surface area contributed by atoms with Crippen LogP contribution in [0.1, 0.15) is 45.4 Å². The molecule has 3 N–H and O–H groups in total. The molecule has 21 heavy (non-hydrogen) atoms. The number of hydrogen-bond acceptors (Lipinski definition) is 3. The van der Waals surface area contributed by atoms with Gasteiger partial charge >= 0.3 is 12.0 Å². The van der Waals surface area contributed by atoms with Gasteiger partial charge in [-0.25, -0.2) is 4.79 Å². The van der Waals surface area contributed by atoms with E-state index in [0.29, 0.717) is 31.8 Å². The Morgan fingerprint density at radius 3 is 2.52 bits per heavy atom. The number of aliphatic hydroxyl groups excluding tert-OH is 1. The highest BCUT2D eigenvalue weighted by molar-refractivity contribution is 5.78. The topological polar surface area (TPSA) is 89.9 Å². The van der Waals surface area contributed by atoms with E-state index < -0.39 is 17.5 Å². The number of likely N-dealkylation sites (tertiary alicyclic amines) is 1. The van der Waals surface area contributed by atoms with Crippen LogP contribution in [0.5, 0.6) is 0 Å². The van der Waals surface area contributed by atoms with E-state index in [0.717, 1.165) is 25.7 Å². The van der Waals surface area contributed by atoms with Gasteiger partial charge in [-0.05, 0) is 44.4 Å². The highest BCUT2D eigenvalue weighted by Gasteiger charge is 2.41. The van der Waals surface area contributed by atoms with Gasteiger partial charge in [-0.3, -0.25) is 4.79 Å². The Morgan fingerprint density at radius 2 is 1.95 bits per heavy atom. The normalized spacial score (nSPS) is 33.5. The lowest BCUT2D eigenvalue weighted by Crippen LogP contribution is -2.51. The number of nitrogens with one attached hydrogen (secondary N) is 1. The van der Waals surface area contributed by atoms with Crippen LogP contribution >= 0.6 is 0 Å². The van der Waals surface area contributed by atoms with Crippen LogP contribution in [0.3, 0.4) is 0 Å². The molecule has 0 aromatic heterocycles. The van der Waals surface area contributed by atoms with E-state index >= 15 is 0 Å². The van der Waals surface area contributed by atoms with Gasteiger partial charge in [0.15, 0.2) is 0 Å². The summed E-state index contributed by atoms with van der Waals surface area (Å²) in [4.78, 5) is 25.3. The smallest absolute Gasteiger partial charge is 0.317 e. The Kier molecular flexibility index (Phi) is 5.08. The standard InChI is InChI=1S/C15H26N2O4/c1-11-4-6-15(7-5-11,13(19)20)10-16-14(21)17-8-2-3-12(18)9-17/h11-12,18H,2-10H2,1H3,(H,16,21)(H,19,20). The summed E-state index contributed by atoms with van der Waals surface area (Å²) in [5.74, 6) is -0.251. The quantitative estimate of drug-likeness (QED) is 0.735. The molecule has 2 fully saturated rings. The van der Waals surface area contributed by atoms with E-state index in [-0.39, 0.29) is 12.6 Å². The molecule has 2 aliphatic rings. The number of rotatable bonds is 3. The number of piperidine rings is 1. The summed E-state index contributed by atoms with van der Waals surface area (Å²) < 4.78 is 0. The third-order valence-corrected chi connectivity index (χ3v) is 4.95. The van der Waals surface area contributed by atoms with Crippen molar-refractivity contribution in [1.29, 1.82) is 0 Å². The van der Waals surface area contributed by atoms with E-state index in [9.17, 15) is 19.8 Å². The van der Waals surface area contributed by atoms with Gasteiger partial charge < -0.3 is 20.4 Å². The Balaban J connectivity index is 1.90. The number of hydrogen-bond donors (Lipinski definition) is 3. The Bertz CT molecular complexity index is 391. The van der Waals surface area contributed by atoms with Crippen LogP contribution in [-0.4, -0.2) is 52.9 Å². The third kappa shape index (κ3) is 3.87. The average Bonchev–Trinajstić information content (AvgIpc) is 2.46. The maximum absolute atomic E-state index is 12.1. The van der Waals surface area contributed by atoms with E-state index in [1.165, 1.54) is 0 Å². The number of β-amino-alcohol motifs (C(OH)–C–C–N with tert-alkyl or cyclic N) is 1. The molecule has 1 aliphatic carbocycles. The number of carboxylic acid groups (broad SMARTS) is 1. The minimum atomic E-state index is -0.823. The van der Waals surface area contributed by atoms with Crippen LogP contribution in [0.15, 0.2) is 0 Å². The number of aliphatic carboxylic acids is 1. The summed E-state index contributed by atoms with van der Waals surface area (Å²) in [6.45, 7) is 3.28. The van der Waals surface area contributed by atoms with Gasteiger partial charge in [0.2, 0.25) is 0 Å². The molecule has 1 saturated heterocycles. The summed E-state index contributed by atoms with van der Waals surface area (Å²) >= 11 is 0. The van der Waals surface area contributed by atoms with Gasteiger partial charge in [-0.2, -0.15) is 0 Å². The van der Waals surface area contributed by atoms with Crippen molar-refractivity contribution in [3.63, 3.8) is 0 Å². The number of amides is 2. The molecule has 0 spiro atoms. The molecule has 1 aliphatic heterocycles. The summed E-state index contributed by atoms with van der Waals surface area (Å²) in [6.07, 6.45) is 4.07. The number of carbonyl (C=O) groups is 2. The van der Waals surface area contributed by atoms with Gasteiger partial charge in [0.1, 0.15) is 0 Å². The monoisotopic (exact) mass is 298 g/mol. The maximum atomic E-state index is 12.1. The maximum Gasteiger partial charge on any atom is 0.317 e. The second-order valence-electron chi connectivity index (χ2n) is 6.67. The third-order valence-electron chi connectivity index (χ3n) is 4.95. The second kappa shape index (κ2) is 6.64. The highest BCUT2D eigenvalue weighted by Crippen LogP contribution is 2.38. The minimum absolute atomic E-state index is 0.181. The van der Waals surface area contributed by atoms with Crippen molar-refractivity contribution < 1.29 is 19.8 Å². The Hall–Kier alpha value is -1.30. The number of nitrogens with zero attached hydrogens (tertiary/aromatic N) is 1. The summed E-state index contributed by atoms with van der Waals surface area (Å²) in [5.41, 5.74) is -0.823. The van der Waals surface area contributed by atoms with Gasteiger partial charge in [0.25, 0.3) is 0 Å². The number of carbonyl (C=O) groups excluding carboxylic acids is 1. The molecule has 2 amide bonds. The van der Waals surface area contributed by atoms with Crippen molar-refractivity contribution in [3.05, 3.63) is 0 Å². The Morgan fingerprint density at radius 1 is 1.29 bits per heavy atom. The van der Waals surface area contributed by atoms with Crippen LogP contribution in [0.4, 0.5) is 4.79 Å². The first-order valence-electron chi connectivity index (χ1n) is 7.87. The molecular formula is C15H26N2O4. The predicted octanol–water partition coefficient (Wildman–Crippen LogP) is 1.43. The lowest BCUT2D eigenvalue weighted by atomic mass is 9.71. The van der Waals surface area contributed by atoms with Crippen molar-refractivity contribution >= 4 is 12.0 Å². The minimum Gasteiger partial charge on any atom is -0.481 e. The Labute approximate surface area is 125 Å². The summed E-state index contributed by atoms with van der Waals surface area (Å²) in [5, 5.41) is 21.9. The van der Waals surface area contributed by atoms with E-state index in [1.807, 2.05) is 0 Å². The zero-order chi connectivity index (χ0) is 15.5. The zero-order valence-corrected chi connectivity index (χ0v) is 12.7. The molecule has 6 heteroatoms. The first-order valence-corrected chi connectivity index (χ1v) is 7.87. The van der Waals surface area contributed by atoms with Crippen LogP contribution in [-0.2, 0) is 4.79 Å². The largest absolute Gasteiger partial charge is 0.481 e. The lowest BCUT2D eigenvalue weighted by molar-refractivity contribution is -0.151. The molecule has 1 saturated carbocycles. The van der Waals surface area contributed by atoms with Gasteiger partial charge in [0, 0.05) is 19.6 Å². The fraction of sp³-hybridized carbons (Fsp3) is 0.867. The average molecular weight is 298 g/mol. The van der Waals surface area contributed by atoms with Crippen molar-refractivity contribution in [3.8, 4) is 0 Å². The van der Waals surface area contributed by atoms with Crippen LogP contribution in [0.2, 0.25) is 0 Å². The van der Waals surface area contributed by atoms with Crippen molar-refractivity contribution in [2.45, 2.75) is 51.6 Å². The molecule has 2 rings (SSSR count). The van der Waals surface area contributed by atoms with Crippen LogP contribution in [0.25, 0.3) is 0 Å². The number of carboxylic acids is 1. The van der Waals surface area contributed by atoms with Crippen LogP contribution < -0.4 is 5.32 Å². The van der Waals surface area contributed by atoms with E-state index in [1.54, 1.807) is 4.90 Å². The summed E-state index contributed by atoms with van der Waals surface area (Å²) in [6, 6.07) is -0.256. The molecule has 120 valence electrons. The molecule has 6 nitrogen and oxygen atoms in total. The van der Waals surface area contributed by atoms with Gasteiger partial charge in [0.05, 0.1) is 11.5 Å². The van der Waals surface area contributed by atoms with Crippen molar-refractivity contribution in [2.24, 2.45) is 11.3 Å². The number of urea groups is 1. The van der Waals surface area contributed by atoms with E-state index in [2.05, 4.69) is 12.2 Å². The molecule has 1 unspecified atom stereocenters. The molecular weight excluding hydrogens is 272 g/mol. The molecule has 1 atom stereocenters. The van der Waals surface area contributed by atoms with Crippen LogP contribution in [0, 0.1) is 11.3 Å². The van der Waals surface area contributed by atoms with Gasteiger partial charge in [-0.15, -0.1) is 0 Å². The molecule has 0 bridgehead atoms. The number of aliphatic hydroxyl groups is 1. The molecule has 1 heterocycles. The first kappa shape index (κ1) is 16.1. The predicted molar refractivity (Wildman–Crippen MR) is 77.9 cm³/mol. The fourth-order valence-electron chi connectivity index (χ4n) is 3.28. The van der Waals surface area contributed by atoms with E-state index in [4.69, 9.17) is 0 Å². The van der Waals surface area contributed by atoms with Crippen molar-refractivity contribution in [2.75, 3.05) is 19.6 Å². The first-order chi connectivity index (χ1) is 9.93. The van der Waals surface area contributed by atoms with Crippen molar-refractivity contribution in [1.82, 2.24) is 10.2 Å². The molecule has 0 aromatic rings. The SMILES string of the molecule is CC1CCC(CNC(=O)N2CCCC(O)C2)(C(=O)O)CC1. The zero-order valence-electron chi connectivity index (χ0n) is 12.7. The highest BCUT2D eigenvalue weighted by atomic mass is 16.4. The molecule has 0 aromatic carbocycles. The molecule has 0 radical (unpaired) electrons. The van der Waals surface area contributed by atoms with Gasteiger partial charge in [-0.1, -0.05) is 6.92 Å².